The Morgan fingerprint density at radius 2 is 1.87 bits per heavy atom. The van der Waals surface area contributed by atoms with Crippen molar-refractivity contribution in [2.24, 2.45) is 5.92 Å². The van der Waals surface area contributed by atoms with Crippen LogP contribution in [0.4, 0.5) is 5.95 Å². The highest BCUT2D eigenvalue weighted by Gasteiger charge is 2.36. The van der Waals surface area contributed by atoms with Crippen molar-refractivity contribution in [2.45, 2.75) is 50.5 Å². The number of rotatable bonds is 4. The predicted octanol–water partition coefficient (Wildman–Crippen LogP) is 3.79. The molecular weight excluding hydrogens is 410 g/mol. The number of H-pyrrole nitrogens is 1. The highest BCUT2D eigenvalue weighted by atomic mass is 32.2. The lowest BCUT2D eigenvalue weighted by Crippen LogP contribution is -2.52. The van der Waals surface area contributed by atoms with Gasteiger partial charge in [-0.1, -0.05) is 39.8 Å². The van der Waals surface area contributed by atoms with E-state index in [2.05, 4.69) is 42.6 Å². The molecule has 1 aliphatic heterocycles. The third kappa shape index (κ3) is 4.19. The molecule has 0 amide bonds. The minimum absolute atomic E-state index is 0.00946. The van der Waals surface area contributed by atoms with E-state index >= 15 is 0 Å². The highest BCUT2D eigenvalue weighted by molar-refractivity contribution is 7.89. The van der Waals surface area contributed by atoms with Crippen molar-refractivity contribution in [1.29, 1.82) is 0 Å². The molecule has 1 N–H and O–H groups in total. The lowest BCUT2D eigenvalue weighted by atomic mass is 9.87. The fourth-order valence-electron chi connectivity index (χ4n) is 4.17. The van der Waals surface area contributed by atoms with Crippen molar-refractivity contribution in [2.75, 3.05) is 25.0 Å². The van der Waals surface area contributed by atoms with E-state index in [1.54, 1.807) is 22.6 Å². The average molecular weight is 442 g/mol. The first-order valence-corrected chi connectivity index (χ1v) is 12.1. The van der Waals surface area contributed by atoms with Gasteiger partial charge in [-0.05, 0) is 41.5 Å². The zero-order chi connectivity index (χ0) is 22.4. The Balaban J connectivity index is 1.57. The molecule has 1 fully saturated rings. The molecule has 0 spiro atoms. The van der Waals surface area contributed by atoms with Crippen molar-refractivity contribution in [3.05, 3.63) is 48.3 Å². The van der Waals surface area contributed by atoms with Crippen LogP contribution in [0.5, 0.6) is 0 Å². The van der Waals surface area contributed by atoms with Crippen molar-refractivity contribution in [3.8, 4) is 0 Å². The molecule has 1 aliphatic rings. The molecular formula is C23H31N5O2S. The van der Waals surface area contributed by atoms with E-state index < -0.39 is 10.0 Å². The van der Waals surface area contributed by atoms with Gasteiger partial charge < -0.3 is 9.88 Å². The van der Waals surface area contributed by atoms with Crippen molar-refractivity contribution < 1.29 is 8.42 Å². The first kappa shape index (κ1) is 21.8. The van der Waals surface area contributed by atoms with Crippen LogP contribution in [0.1, 0.15) is 39.7 Å². The summed E-state index contributed by atoms with van der Waals surface area (Å²) in [6, 6.07) is 9.22. The van der Waals surface area contributed by atoms with Gasteiger partial charge in [0.05, 0.1) is 4.90 Å². The zero-order valence-electron chi connectivity index (χ0n) is 18.8. The van der Waals surface area contributed by atoms with Crippen LogP contribution in [0.3, 0.4) is 0 Å². The minimum Gasteiger partial charge on any atom is -0.346 e. The lowest BCUT2D eigenvalue weighted by Gasteiger charge is -2.41. The number of nitrogens with one attached hydrogen (secondary N) is 1. The fraction of sp³-hybridized carbons (Fsp3) is 0.478. The Hall–Kier alpha value is -2.45. The Morgan fingerprint density at radius 1 is 1.16 bits per heavy atom. The number of hydrogen-bond donors (Lipinski definition) is 1. The summed E-state index contributed by atoms with van der Waals surface area (Å²) >= 11 is 0. The number of piperidine rings is 1. The van der Waals surface area contributed by atoms with Gasteiger partial charge in [-0.25, -0.2) is 13.4 Å². The van der Waals surface area contributed by atoms with Gasteiger partial charge in [0.1, 0.15) is 5.65 Å². The van der Waals surface area contributed by atoms with Gasteiger partial charge in [0.15, 0.2) is 0 Å². The molecule has 8 heteroatoms. The van der Waals surface area contributed by atoms with E-state index in [9.17, 15) is 8.42 Å². The number of aromatic nitrogens is 3. The molecule has 1 saturated heterocycles. The standard InChI is InChI=1S/C23H31N5O2S/c1-16-11-13-28(31(29,30)19-8-6-18(7-9-19)23(2,3)4)15-20(16)27(5)22-25-14-17-10-12-24-21(17)26-22/h6-10,12,14,16,20H,11,13,15H2,1-5H3,(H,24,25,26). The molecule has 2 unspecified atom stereocenters. The number of anilines is 1. The molecule has 0 saturated carbocycles. The number of aromatic amines is 1. The van der Waals surface area contributed by atoms with E-state index in [1.807, 2.05) is 36.3 Å². The Labute approximate surface area is 184 Å². The van der Waals surface area contributed by atoms with Gasteiger partial charge in [-0.2, -0.15) is 9.29 Å². The number of likely N-dealkylation sites (N-methyl/N-ethyl adjacent to an activating group) is 1. The Bertz CT molecular complexity index is 1160. The summed E-state index contributed by atoms with van der Waals surface area (Å²) in [4.78, 5) is 14.6. The molecule has 1 aromatic carbocycles. The Morgan fingerprint density at radius 3 is 2.55 bits per heavy atom. The summed E-state index contributed by atoms with van der Waals surface area (Å²) in [6.07, 6.45) is 4.42. The number of nitrogens with zero attached hydrogens (tertiary/aromatic N) is 4. The van der Waals surface area contributed by atoms with Gasteiger partial charge in [0.2, 0.25) is 16.0 Å². The van der Waals surface area contributed by atoms with Crippen LogP contribution in [-0.4, -0.2) is 53.9 Å². The number of benzene rings is 1. The van der Waals surface area contributed by atoms with E-state index in [-0.39, 0.29) is 11.5 Å². The van der Waals surface area contributed by atoms with Gasteiger partial charge in [0.25, 0.3) is 0 Å². The molecule has 4 rings (SSSR count). The largest absolute Gasteiger partial charge is 0.346 e. The first-order chi connectivity index (χ1) is 14.6. The maximum absolute atomic E-state index is 13.4. The van der Waals surface area contributed by atoms with E-state index in [0.29, 0.717) is 29.9 Å². The second-order valence-electron chi connectivity index (χ2n) is 9.53. The monoisotopic (exact) mass is 441 g/mol. The summed E-state index contributed by atoms with van der Waals surface area (Å²) in [7, 11) is -1.62. The highest BCUT2D eigenvalue weighted by Crippen LogP contribution is 2.29. The third-order valence-electron chi connectivity index (χ3n) is 6.34. The summed E-state index contributed by atoms with van der Waals surface area (Å²) < 4.78 is 28.3. The second-order valence-corrected chi connectivity index (χ2v) is 11.5. The molecule has 0 radical (unpaired) electrons. The summed E-state index contributed by atoms with van der Waals surface area (Å²) in [5, 5.41) is 0.955. The van der Waals surface area contributed by atoms with Crippen LogP contribution in [0.2, 0.25) is 0 Å². The van der Waals surface area contributed by atoms with Crippen LogP contribution >= 0.6 is 0 Å². The van der Waals surface area contributed by atoms with Crippen LogP contribution in [-0.2, 0) is 15.4 Å². The number of sulfonamides is 1. The molecule has 166 valence electrons. The second kappa shape index (κ2) is 7.91. The van der Waals surface area contributed by atoms with Crippen molar-refractivity contribution in [1.82, 2.24) is 19.3 Å². The number of fused-ring (bicyclic) bond motifs is 1. The molecule has 0 aliphatic carbocycles. The summed E-state index contributed by atoms with van der Waals surface area (Å²) in [5.74, 6) is 0.920. The molecule has 7 nitrogen and oxygen atoms in total. The summed E-state index contributed by atoms with van der Waals surface area (Å²) in [5.41, 5.74) is 1.88. The van der Waals surface area contributed by atoms with E-state index in [1.165, 1.54) is 0 Å². The van der Waals surface area contributed by atoms with Crippen molar-refractivity contribution in [3.63, 3.8) is 0 Å². The maximum Gasteiger partial charge on any atom is 0.243 e. The van der Waals surface area contributed by atoms with Crippen LogP contribution < -0.4 is 4.90 Å². The molecule has 31 heavy (non-hydrogen) atoms. The maximum atomic E-state index is 13.4. The molecule has 2 aromatic heterocycles. The van der Waals surface area contributed by atoms with Crippen LogP contribution in [0.25, 0.3) is 11.0 Å². The van der Waals surface area contributed by atoms with Crippen LogP contribution in [0, 0.1) is 5.92 Å². The normalized spacial score (nSPS) is 20.8. The van der Waals surface area contributed by atoms with E-state index in [0.717, 1.165) is 23.0 Å². The molecule has 3 aromatic rings. The van der Waals surface area contributed by atoms with E-state index in [4.69, 9.17) is 0 Å². The van der Waals surface area contributed by atoms with Gasteiger partial charge in [-0.15, -0.1) is 0 Å². The van der Waals surface area contributed by atoms with Crippen molar-refractivity contribution >= 4 is 27.0 Å². The summed E-state index contributed by atoms with van der Waals surface area (Å²) in [6.45, 7) is 9.45. The van der Waals surface area contributed by atoms with Gasteiger partial charge in [0, 0.05) is 44.0 Å². The molecule has 2 atom stereocenters. The van der Waals surface area contributed by atoms with Gasteiger partial charge >= 0.3 is 0 Å². The van der Waals surface area contributed by atoms with Crippen LogP contribution in [0.15, 0.2) is 47.6 Å². The smallest absolute Gasteiger partial charge is 0.243 e. The minimum atomic E-state index is -3.56. The Kier molecular flexibility index (Phi) is 5.55. The predicted molar refractivity (Wildman–Crippen MR) is 124 cm³/mol. The molecule has 0 bridgehead atoms. The number of hydrogen-bond acceptors (Lipinski definition) is 5. The average Bonchev–Trinajstić information content (AvgIpc) is 3.21. The molecule has 3 heterocycles. The third-order valence-corrected chi connectivity index (χ3v) is 8.22. The SMILES string of the molecule is CC1CCN(S(=O)(=O)c2ccc(C(C)(C)C)cc2)CC1N(C)c1ncc2cc[nH]c2n1. The first-order valence-electron chi connectivity index (χ1n) is 10.7. The lowest BCUT2D eigenvalue weighted by molar-refractivity contribution is 0.246. The van der Waals surface area contributed by atoms with Gasteiger partial charge in [-0.3, -0.25) is 0 Å². The quantitative estimate of drug-likeness (QED) is 0.666. The fourth-order valence-corrected chi connectivity index (χ4v) is 5.64. The topological polar surface area (TPSA) is 82.2 Å². The zero-order valence-corrected chi connectivity index (χ0v) is 19.6.